The van der Waals surface area contributed by atoms with Crippen LogP contribution >= 0.6 is 0 Å². The molecule has 4 aromatic rings. The lowest BCUT2D eigenvalue weighted by atomic mass is 10.0. The van der Waals surface area contributed by atoms with E-state index in [1.807, 2.05) is 50.4 Å². The van der Waals surface area contributed by atoms with Crippen molar-refractivity contribution in [3.63, 3.8) is 0 Å². The molecule has 0 N–H and O–H groups in total. The number of esters is 1. The second kappa shape index (κ2) is 10.3. The molecule has 5 heteroatoms. The van der Waals surface area contributed by atoms with Crippen LogP contribution in [0, 0.1) is 0 Å². The average Bonchev–Trinajstić information content (AvgIpc) is 3.16. The molecule has 0 aliphatic rings. The Morgan fingerprint density at radius 3 is 2.55 bits per heavy atom. The lowest BCUT2D eigenvalue weighted by Gasteiger charge is -2.12. The van der Waals surface area contributed by atoms with Crippen LogP contribution in [-0.4, -0.2) is 24.3 Å². The topological polar surface area (TPSA) is 49.7 Å². The molecule has 0 bridgehead atoms. The quantitative estimate of drug-likeness (QED) is 0.301. The van der Waals surface area contributed by atoms with E-state index in [4.69, 9.17) is 14.2 Å². The fraction of sp³-hybridized carbons (Fsp3) is 0.250. The molecule has 0 amide bonds. The Kier molecular flexibility index (Phi) is 6.98. The van der Waals surface area contributed by atoms with Crippen molar-refractivity contribution in [2.75, 3.05) is 13.7 Å². The van der Waals surface area contributed by atoms with Gasteiger partial charge in [-0.3, -0.25) is 4.79 Å². The molecule has 5 nitrogen and oxygen atoms in total. The molecule has 0 radical (unpaired) electrons. The van der Waals surface area contributed by atoms with Gasteiger partial charge in [-0.1, -0.05) is 42.5 Å². The molecule has 0 aliphatic heterocycles. The standard InChI is InChI=1S/C28H29NO4/c1-4-32-28(30)15-11-23-17-22-18-24(12-14-26(22)29(23)2)33-19-20-10-13-25(27(16-20)31-3)21-8-6-5-7-9-21/h5-10,12-14,16-18H,4,11,15,19H2,1-3H3. The van der Waals surface area contributed by atoms with Crippen LogP contribution in [0.15, 0.2) is 72.8 Å². The van der Waals surface area contributed by atoms with Gasteiger partial charge in [-0.15, -0.1) is 0 Å². The number of aryl methyl sites for hydroxylation is 2. The molecule has 0 aliphatic carbocycles. The Balaban J connectivity index is 1.46. The van der Waals surface area contributed by atoms with E-state index in [1.54, 1.807) is 7.11 Å². The first-order chi connectivity index (χ1) is 16.1. The minimum Gasteiger partial charge on any atom is -0.496 e. The first kappa shape index (κ1) is 22.5. The fourth-order valence-electron chi connectivity index (χ4n) is 4.03. The fourth-order valence-corrected chi connectivity index (χ4v) is 4.03. The monoisotopic (exact) mass is 443 g/mol. The van der Waals surface area contributed by atoms with Crippen molar-refractivity contribution in [3.05, 3.63) is 84.1 Å². The Labute approximate surface area is 194 Å². The molecule has 33 heavy (non-hydrogen) atoms. The summed E-state index contributed by atoms with van der Waals surface area (Å²) in [4.78, 5) is 11.7. The zero-order chi connectivity index (χ0) is 23.2. The van der Waals surface area contributed by atoms with Gasteiger partial charge in [0.05, 0.1) is 20.1 Å². The summed E-state index contributed by atoms with van der Waals surface area (Å²) in [6, 6.07) is 24.5. The second-order valence-corrected chi connectivity index (χ2v) is 7.91. The molecule has 0 saturated heterocycles. The number of hydrogen-bond donors (Lipinski definition) is 0. The van der Waals surface area contributed by atoms with Crippen molar-refractivity contribution < 1.29 is 19.0 Å². The predicted molar refractivity (Wildman–Crippen MR) is 131 cm³/mol. The Morgan fingerprint density at radius 2 is 1.79 bits per heavy atom. The van der Waals surface area contributed by atoms with E-state index in [-0.39, 0.29) is 5.97 Å². The first-order valence-corrected chi connectivity index (χ1v) is 11.2. The Bertz CT molecular complexity index is 1240. The maximum absolute atomic E-state index is 11.7. The van der Waals surface area contributed by atoms with Crippen LogP contribution < -0.4 is 9.47 Å². The van der Waals surface area contributed by atoms with Crippen molar-refractivity contribution in [1.29, 1.82) is 0 Å². The van der Waals surface area contributed by atoms with Gasteiger partial charge >= 0.3 is 5.97 Å². The van der Waals surface area contributed by atoms with Crippen molar-refractivity contribution >= 4 is 16.9 Å². The molecule has 0 spiro atoms. The van der Waals surface area contributed by atoms with Crippen LogP contribution in [0.3, 0.4) is 0 Å². The zero-order valence-electron chi connectivity index (χ0n) is 19.3. The number of carbonyl (C=O) groups is 1. The number of benzene rings is 3. The third-order valence-electron chi connectivity index (χ3n) is 5.76. The number of hydrogen-bond acceptors (Lipinski definition) is 4. The van der Waals surface area contributed by atoms with Crippen LogP contribution in [0.4, 0.5) is 0 Å². The third-order valence-corrected chi connectivity index (χ3v) is 5.76. The highest BCUT2D eigenvalue weighted by Crippen LogP contribution is 2.31. The van der Waals surface area contributed by atoms with Crippen LogP contribution in [0.5, 0.6) is 11.5 Å². The van der Waals surface area contributed by atoms with Crippen LogP contribution in [0.2, 0.25) is 0 Å². The molecule has 0 saturated carbocycles. The summed E-state index contributed by atoms with van der Waals surface area (Å²) in [6.07, 6.45) is 1.02. The average molecular weight is 444 g/mol. The van der Waals surface area contributed by atoms with Gasteiger partial charge in [0, 0.05) is 29.2 Å². The highest BCUT2D eigenvalue weighted by atomic mass is 16.5. The summed E-state index contributed by atoms with van der Waals surface area (Å²) in [5.41, 5.74) is 5.42. The van der Waals surface area contributed by atoms with Crippen molar-refractivity contribution in [2.45, 2.75) is 26.4 Å². The Hall–Kier alpha value is -3.73. The number of methoxy groups -OCH3 is 1. The SMILES string of the molecule is CCOC(=O)CCc1cc2cc(OCc3ccc(-c4ccccc4)c(OC)c3)ccc2n1C. The minimum atomic E-state index is -0.166. The molecule has 0 fully saturated rings. The van der Waals surface area contributed by atoms with Crippen LogP contribution in [-0.2, 0) is 29.6 Å². The van der Waals surface area contributed by atoms with E-state index in [2.05, 4.69) is 41.0 Å². The molecule has 0 atom stereocenters. The number of aromatic nitrogens is 1. The number of fused-ring (bicyclic) bond motifs is 1. The number of ether oxygens (including phenoxy) is 3. The van der Waals surface area contributed by atoms with Crippen molar-refractivity contribution in [1.82, 2.24) is 4.57 Å². The lowest BCUT2D eigenvalue weighted by Crippen LogP contribution is -2.06. The van der Waals surface area contributed by atoms with Crippen LogP contribution in [0.1, 0.15) is 24.6 Å². The van der Waals surface area contributed by atoms with Gasteiger partial charge in [0.25, 0.3) is 0 Å². The van der Waals surface area contributed by atoms with Gasteiger partial charge in [-0.2, -0.15) is 0 Å². The van der Waals surface area contributed by atoms with Gasteiger partial charge in [0.2, 0.25) is 0 Å². The van der Waals surface area contributed by atoms with E-state index in [9.17, 15) is 4.79 Å². The summed E-state index contributed by atoms with van der Waals surface area (Å²) >= 11 is 0. The maximum atomic E-state index is 11.7. The minimum absolute atomic E-state index is 0.166. The molecule has 3 aromatic carbocycles. The molecule has 1 aromatic heterocycles. The van der Waals surface area contributed by atoms with E-state index >= 15 is 0 Å². The van der Waals surface area contributed by atoms with E-state index < -0.39 is 0 Å². The van der Waals surface area contributed by atoms with E-state index in [0.29, 0.717) is 26.1 Å². The van der Waals surface area contributed by atoms with Gasteiger partial charge in [0.1, 0.15) is 18.1 Å². The molecular formula is C28H29NO4. The van der Waals surface area contributed by atoms with E-state index in [1.165, 1.54) is 0 Å². The van der Waals surface area contributed by atoms with Gasteiger partial charge in [-0.05, 0) is 54.8 Å². The van der Waals surface area contributed by atoms with Crippen molar-refractivity contribution in [2.24, 2.45) is 7.05 Å². The highest BCUT2D eigenvalue weighted by molar-refractivity contribution is 5.83. The van der Waals surface area contributed by atoms with Gasteiger partial charge in [-0.25, -0.2) is 0 Å². The van der Waals surface area contributed by atoms with Crippen molar-refractivity contribution in [3.8, 4) is 22.6 Å². The normalized spacial score (nSPS) is 10.9. The van der Waals surface area contributed by atoms with Gasteiger partial charge < -0.3 is 18.8 Å². The van der Waals surface area contributed by atoms with Crippen LogP contribution in [0.25, 0.3) is 22.0 Å². The predicted octanol–water partition coefficient (Wildman–Crippen LogP) is 5.93. The summed E-state index contributed by atoms with van der Waals surface area (Å²) in [5.74, 6) is 1.46. The smallest absolute Gasteiger partial charge is 0.306 e. The summed E-state index contributed by atoms with van der Waals surface area (Å²) in [7, 11) is 3.71. The lowest BCUT2D eigenvalue weighted by molar-refractivity contribution is -0.143. The number of rotatable bonds is 9. The zero-order valence-corrected chi connectivity index (χ0v) is 19.3. The second-order valence-electron chi connectivity index (χ2n) is 7.91. The molecule has 0 unspecified atom stereocenters. The largest absolute Gasteiger partial charge is 0.496 e. The van der Waals surface area contributed by atoms with Gasteiger partial charge in [0.15, 0.2) is 0 Å². The molecular weight excluding hydrogens is 414 g/mol. The summed E-state index contributed by atoms with van der Waals surface area (Å²) < 4.78 is 18.9. The highest BCUT2D eigenvalue weighted by Gasteiger charge is 2.11. The number of carbonyl (C=O) groups excluding carboxylic acids is 1. The summed E-state index contributed by atoms with van der Waals surface area (Å²) in [6.45, 7) is 2.68. The first-order valence-electron chi connectivity index (χ1n) is 11.2. The number of nitrogens with zero attached hydrogens (tertiary/aromatic N) is 1. The molecule has 4 rings (SSSR count). The Morgan fingerprint density at radius 1 is 0.970 bits per heavy atom. The molecule has 170 valence electrons. The van der Waals surface area contributed by atoms with E-state index in [0.717, 1.165) is 44.8 Å². The third kappa shape index (κ3) is 5.20. The molecule has 1 heterocycles. The maximum Gasteiger partial charge on any atom is 0.306 e. The summed E-state index contributed by atoms with van der Waals surface area (Å²) in [5, 5.41) is 1.09.